The summed E-state index contributed by atoms with van der Waals surface area (Å²) in [5, 5.41) is 6.83. The largest absolute Gasteiger partial charge is 0.320 e. The molecule has 3 heterocycles. The number of halogens is 1. The summed E-state index contributed by atoms with van der Waals surface area (Å²) in [6, 6.07) is 3.52. The lowest BCUT2D eigenvalue weighted by atomic mass is 10.3. The van der Waals surface area contributed by atoms with E-state index in [0.29, 0.717) is 16.9 Å². The van der Waals surface area contributed by atoms with Gasteiger partial charge >= 0.3 is 0 Å². The maximum atomic E-state index is 12.1. The highest BCUT2D eigenvalue weighted by molar-refractivity contribution is 9.10. The van der Waals surface area contributed by atoms with E-state index >= 15 is 0 Å². The smallest absolute Gasteiger partial charge is 0.261 e. The number of rotatable bonds is 2. The summed E-state index contributed by atoms with van der Waals surface area (Å²) in [6.07, 6.45) is 8.07. The Morgan fingerprint density at radius 1 is 1.32 bits per heavy atom. The van der Waals surface area contributed by atoms with Crippen LogP contribution in [0.3, 0.4) is 0 Å². The number of hydrogen-bond acceptors (Lipinski definition) is 4. The molecule has 0 aliphatic rings. The third kappa shape index (κ3) is 2.32. The molecule has 3 rings (SSSR count). The molecule has 19 heavy (non-hydrogen) atoms. The number of carbonyl (C=O) groups is 1. The third-order valence-corrected chi connectivity index (χ3v) is 2.90. The highest BCUT2D eigenvalue weighted by atomic mass is 79.9. The van der Waals surface area contributed by atoms with Crippen LogP contribution in [0.25, 0.3) is 5.65 Å². The van der Waals surface area contributed by atoms with Gasteiger partial charge < -0.3 is 5.32 Å². The van der Waals surface area contributed by atoms with Gasteiger partial charge in [-0.1, -0.05) is 0 Å². The molecular weight excluding hydrogens is 310 g/mol. The van der Waals surface area contributed by atoms with E-state index in [2.05, 4.69) is 36.3 Å². The lowest BCUT2D eigenvalue weighted by Crippen LogP contribution is -2.12. The van der Waals surface area contributed by atoms with Gasteiger partial charge in [-0.3, -0.25) is 9.78 Å². The van der Waals surface area contributed by atoms with Crippen LogP contribution in [0.2, 0.25) is 0 Å². The number of anilines is 1. The molecule has 94 valence electrons. The molecule has 0 atom stereocenters. The Morgan fingerprint density at radius 3 is 3.00 bits per heavy atom. The molecule has 0 aliphatic heterocycles. The van der Waals surface area contributed by atoms with Crippen LogP contribution in [0.1, 0.15) is 10.4 Å². The van der Waals surface area contributed by atoms with Crippen molar-refractivity contribution in [1.29, 1.82) is 0 Å². The summed E-state index contributed by atoms with van der Waals surface area (Å²) in [4.78, 5) is 20.2. The van der Waals surface area contributed by atoms with Gasteiger partial charge in [0.15, 0.2) is 5.65 Å². The molecule has 1 amide bonds. The number of hydrogen-bond donors (Lipinski definition) is 1. The van der Waals surface area contributed by atoms with Crippen molar-refractivity contribution in [2.75, 3.05) is 5.32 Å². The Bertz CT molecular complexity index is 740. The van der Waals surface area contributed by atoms with E-state index in [-0.39, 0.29) is 5.91 Å². The van der Waals surface area contributed by atoms with Gasteiger partial charge in [0.1, 0.15) is 5.56 Å². The van der Waals surface area contributed by atoms with Crippen molar-refractivity contribution in [1.82, 2.24) is 19.6 Å². The van der Waals surface area contributed by atoms with E-state index in [9.17, 15) is 4.79 Å². The minimum absolute atomic E-state index is 0.266. The molecule has 3 aromatic heterocycles. The predicted octanol–water partition coefficient (Wildman–Crippen LogP) is 2.14. The molecule has 0 radical (unpaired) electrons. The van der Waals surface area contributed by atoms with Gasteiger partial charge in [-0.2, -0.15) is 5.10 Å². The summed E-state index contributed by atoms with van der Waals surface area (Å²) in [5.41, 5.74) is 1.55. The normalized spacial score (nSPS) is 10.6. The molecule has 7 heteroatoms. The lowest BCUT2D eigenvalue weighted by Gasteiger charge is -2.02. The van der Waals surface area contributed by atoms with Crippen LogP contribution in [-0.4, -0.2) is 25.5 Å². The minimum Gasteiger partial charge on any atom is -0.320 e. The number of amides is 1. The number of carbonyl (C=O) groups excluding carboxylic acids is 1. The monoisotopic (exact) mass is 317 g/mol. The zero-order valence-electron chi connectivity index (χ0n) is 9.62. The zero-order valence-corrected chi connectivity index (χ0v) is 11.2. The van der Waals surface area contributed by atoms with Gasteiger partial charge in [-0.25, -0.2) is 9.50 Å². The van der Waals surface area contributed by atoms with Crippen molar-refractivity contribution in [3.05, 3.63) is 53.2 Å². The Balaban J connectivity index is 1.94. The molecule has 3 aromatic rings. The van der Waals surface area contributed by atoms with Crippen molar-refractivity contribution in [2.24, 2.45) is 0 Å². The van der Waals surface area contributed by atoms with Crippen LogP contribution in [0.4, 0.5) is 5.69 Å². The average molecular weight is 318 g/mol. The summed E-state index contributed by atoms with van der Waals surface area (Å²) in [5.74, 6) is -0.266. The van der Waals surface area contributed by atoms with Crippen molar-refractivity contribution in [2.45, 2.75) is 0 Å². The Morgan fingerprint density at radius 2 is 2.21 bits per heavy atom. The predicted molar refractivity (Wildman–Crippen MR) is 72.9 cm³/mol. The van der Waals surface area contributed by atoms with E-state index in [1.807, 2.05) is 0 Å². The van der Waals surface area contributed by atoms with Gasteiger partial charge in [0.05, 0.1) is 22.6 Å². The summed E-state index contributed by atoms with van der Waals surface area (Å²) in [6.45, 7) is 0. The van der Waals surface area contributed by atoms with Gasteiger partial charge in [0, 0.05) is 18.6 Å². The Hall–Kier alpha value is -2.28. The van der Waals surface area contributed by atoms with Crippen LogP contribution in [0.15, 0.2) is 47.6 Å². The molecule has 0 spiro atoms. The summed E-state index contributed by atoms with van der Waals surface area (Å²) < 4.78 is 2.34. The molecule has 0 saturated heterocycles. The van der Waals surface area contributed by atoms with Crippen LogP contribution in [0.5, 0.6) is 0 Å². The molecule has 1 N–H and O–H groups in total. The fourth-order valence-corrected chi connectivity index (χ4v) is 1.94. The molecule has 0 bridgehead atoms. The highest BCUT2D eigenvalue weighted by Crippen LogP contribution is 2.14. The van der Waals surface area contributed by atoms with Gasteiger partial charge in [0.25, 0.3) is 5.91 Å². The molecule has 0 aromatic carbocycles. The fraction of sp³-hybridized carbons (Fsp3) is 0. The standard InChI is InChI=1S/C12H8BrN5O/c13-8-4-15-11-10(6-16-18(11)7-8)12(19)17-9-2-1-3-14-5-9/h1-7H,(H,17,19). The second kappa shape index (κ2) is 4.77. The van der Waals surface area contributed by atoms with Gasteiger partial charge in [-0.05, 0) is 28.1 Å². The number of fused-ring (bicyclic) bond motifs is 1. The molecule has 0 saturated carbocycles. The maximum Gasteiger partial charge on any atom is 0.261 e. The highest BCUT2D eigenvalue weighted by Gasteiger charge is 2.14. The van der Waals surface area contributed by atoms with Crippen LogP contribution in [0, 0.1) is 0 Å². The van der Waals surface area contributed by atoms with Gasteiger partial charge in [0.2, 0.25) is 0 Å². The molecule has 0 fully saturated rings. The zero-order chi connectivity index (χ0) is 13.2. The second-order valence-corrected chi connectivity index (χ2v) is 4.71. The number of aromatic nitrogens is 4. The van der Waals surface area contributed by atoms with Crippen LogP contribution >= 0.6 is 15.9 Å². The fourth-order valence-electron chi connectivity index (χ4n) is 1.65. The summed E-state index contributed by atoms with van der Waals surface area (Å²) >= 11 is 3.30. The van der Waals surface area contributed by atoms with E-state index in [0.717, 1.165) is 4.47 Å². The quantitative estimate of drug-likeness (QED) is 0.786. The maximum absolute atomic E-state index is 12.1. The number of nitrogens with zero attached hydrogens (tertiary/aromatic N) is 4. The molecular formula is C12H8BrN5O. The van der Waals surface area contributed by atoms with Crippen molar-refractivity contribution < 1.29 is 4.79 Å². The lowest BCUT2D eigenvalue weighted by molar-refractivity contribution is 0.102. The van der Waals surface area contributed by atoms with E-state index in [1.54, 1.807) is 41.4 Å². The first-order chi connectivity index (χ1) is 9.24. The SMILES string of the molecule is O=C(Nc1cccnc1)c1cnn2cc(Br)cnc12. The minimum atomic E-state index is -0.266. The van der Waals surface area contributed by atoms with Crippen LogP contribution < -0.4 is 5.32 Å². The van der Waals surface area contributed by atoms with Gasteiger partial charge in [-0.15, -0.1) is 0 Å². The first-order valence-corrected chi connectivity index (χ1v) is 6.23. The van der Waals surface area contributed by atoms with Crippen molar-refractivity contribution >= 4 is 33.2 Å². The van der Waals surface area contributed by atoms with Crippen molar-refractivity contribution in [3.63, 3.8) is 0 Å². The molecule has 6 nitrogen and oxygen atoms in total. The van der Waals surface area contributed by atoms with E-state index < -0.39 is 0 Å². The second-order valence-electron chi connectivity index (χ2n) is 3.79. The average Bonchev–Trinajstić information content (AvgIpc) is 2.82. The first kappa shape index (κ1) is 11.8. The van der Waals surface area contributed by atoms with E-state index in [1.165, 1.54) is 6.20 Å². The summed E-state index contributed by atoms with van der Waals surface area (Å²) in [7, 11) is 0. The van der Waals surface area contributed by atoms with Crippen molar-refractivity contribution in [3.8, 4) is 0 Å². The van der Waals surface area contributed by atoms with E-state index in [4.69, 9.17) is 0 Å². The molecule has 0 aliphatic carbocycles. The third-order valence-electron chi connectivity index (χ3n) is 2.49. The Labute approximate surface area is 116 Å². The number of pyridine rings is 1. The molecule has 0 unspecified atom stereocenters. The topological polar surface area (TPSA) is 72.2 Å². The van der Waals surface area contributed by atoms with Crippen LogP contribution in [-0.2, 0) is 0 Å². The first-order valence-electron chi connectivity index (χ1n) is 5.44. The number of nitrogens with one attached hydrogen (secondary N) is 1. The Kier molecular flexibility index (Phi) is 2.96.